The molecule has 60 valence electrons. The van der Waals surface area contributed by atoms with E-state index < -0.39 is 0 Å². The molecule has 0 saturated heterocycles. The largest absolute Gasteiger partial charge is 0.299 e. The molecular weight excluding hydrogens is 156 g/mol. The van der Waals surface area contributed by atoms with E-state index in [-0.39, 0.29) is 5.78 Å². The zero-order valence-corrected chi connectivity index (χ0v) is 7.49. The molecule has 0 aromatic rings. The standard InChI is InChI=1S/C9H12OS/c1-4-6-9(5-2)11-7-8(3)10/h4-6H,1-2,7H2,3H3/b9-6+. The summed E-state index contributed by atoms with van der Waals surface area (Å²) in [5.41, 5.74) is 0. The first-order valence-corrected chi connectivity index (χ1v) is 4.26. The number of ketones is 1. The summed E-state index contributed by atoms with van der Waals surface area (Å²) in [6.07, 6.45) is 5.24. The summed E-state index contributed by atoms with van der Waals surface area (Å²) < 4.78 is 0. The smallest absolute Gasteiger partial charge is 0.140 e. The molecule has 0 saturated carbocycles. The van der Waals surface area contributed by atoms with Crippen LogP contribution in [0.2, 0.25) is 0 Å². The Kier molecular flexibility index (Phi) is 5.57. The van der Waals surface area contributed by atoms with Crippen LogP contribution in [0.15, 0.2) is 36.3 Å². The maximum atomic E-state index is 10.6. The Morgan fingerprint density at radius 2 is 2.18 bits per heavy atom. The highest BCUT2D eigenvalue weighted by atomic mass is 32.2. The van der Waals surface area contributed by atoms with Crippen LogP contribution in [0, 0.1) is 0 Å². The predicted molar refractivity (Wildman–Crippen MR) is 51.6 cm³/mol. The van der Waals surface area contributed by atoms with Gasteiger partial charge in [-0.1, -0.05) is 25.3 Å². The molecule has 0 amide bonds. The summed E-state index contributed by atoms with van der Waals surface area (Å²) in [6.45, 7) is 8.73. The monoisotopic (exact) mass is 168 g/mol. The molecule has 0 aliphatic heterocycles. The van der Waals surface area contributed by atoms with E-state index in [1.54, 1.807) is 19.1 Å². The third kappa shape index (κ3) is 5.67. The second-order valence-electron chi connectivity index (χ2n) is 2.00. The summed E-state index contributed by atoms with van der Waals surface area (Å²) in [5, 5.41) is 0. The zero-order chi connectivity index (χ0) is 8.69. The normalized spacial score (nSPS) is 10.8. The van der Waals surface area contributed by atoms with Gasteiger partial charge >= 0.3 is 0 Å². The first-order valence-electron chi connectivity index (χ1n) is 3.28. The van der Waals surface area contributed by atoms with Crippen LogP contribution in [-0.4, -0.2) is 11.5 Å². The Hall–Kier alpha value is -0.760. The predicted octanol–water partition coefficient (Wildman–Crippen LogP) is 2.56. The quantitative estimate of drug-likeness (QED) is 0.587. The fourth-order valence-electron chi connectivity index (χ4n) is 0.476. The maximum Gasteiger partial charge on any atom is 0.140 e. The molecule has 0 rings (SSSR count). The van der Waals surface area contributed by atoms with Crippen LogP contribution in [0.3, 0.4) is 0 Å². The summed E-state index contributed by atoms with van der Waals surface area (Å²) in [7, 11) is 0. The lowest BCUT2D eigenvalue weighted by Gasteiger charge is -1.96. The minimum absolute atomic E-state index is 0.173. The highest BCUT2D eigenvalue weighted by Gasteiger charge is 1.94. The lowest BCUT2D eigenvalue weighted by atomic mass is 10.5. The van der Waals surface area contributed by atoms with E-state index in [9.17, 15) is 4.79 Å². The number of carbonyl (C=O) groups excluding carboxylic acids is 1. The van der Waals surface area contributed by atoms with Gasteiger partial charge in [0, 0.05) is 4.91 Å². The van der Waals surface area contributed by atoms with Crippen LogP contribution >= 0.6 is 11.8 Å². The van der Waals surface area contributed by atoms with E-state index in [0.717, 1.165) is 4.91 Å². The maximum absolute atomic E-state index is 10.6. The lowest BCUT2D eigenvalue weighted by Crippen LogP contribution is -1.92. The van der Waals surface area contributed by atoms with Crippen molar-refractivity contribution in [2.75, 3.05) is 5.75 Å². The molecule has 1 nitrogen and oxygen atoms in total. The number of hydrogen-bond acceptors (Lipinski definition) is 2. The van der Waals surface area contributed by atoms with Crippen molar-refractivity contribution in [2.24, 2.45) is 0 Å². The van der Waals surface area contributed by atoms with Crippen molar-refractivity contribution < 1.29 is 4.79 Å². The molecule has 2 heteroatoms. The molecule has 0 atom stereocenters. The number of Topliss-reactive ketones (excluding diaryl/α,β-unsaturated/α-hetero) is 1. The number of rotatable bonds is 5. The minimum atomic E-state index is 0.173. The van der Waals surface area contributed by atoms with Crippen molar-refractivity contribution in [2.45, 2.75) is 6.92 Å². The van der Waals surface area contributed by atoms with E-state index in [2.05, 4.69) is 13.2 Å². The number of thioether (sulfide) groups is 1. The third-order valence-corrected chi connectivity index (χ3v) is 2.11. The fourth-order valence-corrected chi connectivity index (χ4v) is 1.16. The molecule has 0 bridgehead atoms. The van der Waals surface area contributed by atoms with Gasteiger partial charge in [0.1, 0.15) is 5.78 Å². The van der Waals surface area contributed by atoms with Gasteiger partial charge in [-0.15, -0.1) is 11.8 Å². The van der Waals surface area contributed by atoms with Gasteiger partial charge in [-0.05, 0) is 13.0 Å². The molecule has 0 aromatic carbocycles. The molecule has 0 spiro atoms. The molecule has 0 fully saturated rings. The number of hydrogen-bond donors (Lipinski definition) is 0. The molecule has 0 aromatic heterocycles. The fraction of sp³-hybridized carbons (Fsp3) is 0.222. The third-order valence-electron chi connectivity index (χ3n) is 0.925. The SMILES string of the molecule is C=C/C=C(\C=C)SCC(C)=O. The Labute approximate surface area is 71.9 Å². The molecule has 0 heterocycles. The molecule has 0 aliphatic rings. The first kappa shape index (κ1) is 10.2. The lowest BCUT2D eigenvalue weighted by molar-refractivity contribution is -0.114. The van der Waals surface area contributed by atoms with Gasteiger partial charge in [0.05, 0.1) is 5.75 Å². The zero-order valence-electron chi connectivity index (χ0n) is 6.67. The van der Waals surface area contributed by atoms with Gasteiger partial charge in [0.25, 0.3) is 0 Å². The van der Waals surface area contributed by atoms with Crippen LogP contribution in [0.25, 0.3) is 0 Å². The van der Waals surface area contributed by atoms with Crippen LogP contribution in [0.1, 0.15) is 6.92 Å². The highest BCUT2D eigenvalue weighted by molar-refractivity contribution is 8.03. The van der Waals surface area contributed by atoms with Crippen LogP contribution in [0.4, 0.5) is 0 Å². The van der Waals surface area contributed by atoms with Gasteiger partial charge < -0.3 is 0 Å². The summed E-state index contributed by atoms with van der Waals surface area (Å²) in [4.78, 5) is 11.5. The second-order valence-corrected chi connectivity index (χ2v) is 3.05. The molecule has 0 N–H and O–H groups in total. The van der Waals surface area contributed by atoms with E-state index in [1.165, 1.54) is 11.8 Å². The van der Waals surface area contributed by atoms with Gasteiger partial charge in [-0.25, -0.2) is 0 Å². The molecule has 0 radical (unpaired) electrons. The van der Waals surface area contributed by atoms with Crippen LogP contribution < -0.4 is 0 Å². The van der Waals surface area contributed by atoms with Gasteiger partial charge in [0.15, 0.2) is 0 Å². The van der Waals surface area contributed by atoms with Crippen molar-refractivity contribution in [3.8, 4) is 0 Å². The van der Waals surface area contributed by atoms with Crippen molar-refractivity contribution in [3.05, 3.63) is 36.3 Å². The minimum Gasteiger partial charge on any atom is -0.299 e. The Bertz CT molecular complexity index is 192. The van der Waals surface area contributed by atoms with Crippen LogP contribution in [0.5, 0.6) is 0 Å². The highest BCUT2D eigenvalue weighted by Crippen LogP contribution is 2.15. The Balaban J connectivity index is 3.88. The van der Waals surface area contributed by atoms with Crippen molar-refractivity contribution in [1.82, 2.24) is 0 Å². The summed E-state index contributed by atoms with van der Waals surface area (Å²) >= 11 is 1.48. The molecule has 11 heavy (non-hydrogen) atoms. The molecule has 0 unspecified atom stereocenters. The average molecular weight is 168 g/mol. The van der Waals surface area contributed by atoms with Gasteiger partial charge in [-0.2, -0.15) is 0 Å². The average Bonchev–Trinajstić information content (AvgIpc) is 1.97. The van der Waals surface area contributed by atoms with Crippen molar-refractivity contribution in [1.29, 1.82) is 0 Å². The topological polar surface area (TPSA) is 17.1 Å². The first-order chi connectivity index (χ1) is 5.20. The second kappa shape index (κ2) is 5.98. The summed E-state index contributed by atoms with van der Waals surface area (Å²) in [6, 6.07) is 0. The van der Waals surface area contributed by atoms with Crippen molar-refractivity contribution in [3.63, 3.8) is 0 Å². The molecular formula is C9H12OS. The Morgan fingerprint density at radius 3 is 2.55 bits per heavy atom. The molecule has 0 aliphatic carbocycles. The van der Waals surface area contributed by atoms with E-state index in [0.29, 0.717) is 5.75 Å². The van der Waals surface area contributed by atoms with E-state index in [1.807, 2.05) is 6.08 Å². The summed E-state index contributed by atoms with van der Waals surface area (Å²) in [5.74, 6) is 0.679. The number of allylic oxidation sites excluding steroid dienone is 3. The Morgan fingerprint density at radius 1 is 1.55 bits per heavy atom. The van der Waals surface area contributed by atoms with Gasteiger partial charge in [0.2, 0.25) is 0 Å². The van der Waals surface area contributed by atoms with Crippen LogP contribution in [-0.2, 0) is 4.79 Å². The van der Waals surface area contributed by atoms with Gasteiger partial charge in [-0.3, -0.25) is 4.79 Å². The van der Waals surface area contributed by atoms with Crippen molar-refractivity contribution >= 4 is 17.5 Å². The van der Waals surface area contributed by atoms with E-state index in [4.69, 9.17) is 0 Å². The number of carbonyl (C=O) groups is 1. The van der Waals surface area contributed by atoms with E-state index >= 15 is 0 Å².